The van der Waals surface area contributed by atoms with Crippen molar-refractivity contribution in [2.24, 2.45) is 17.3 Å². The molecule has 2 atom stereocenters. The van der Waals surface area contributed by atoms with Gasteiger partial charge in [0.05, 0.1) is 41.3 Å². The van der Waals surface area contributed by atoms with Gasteiger partial charge in [0.25, 0.3) is 0 Å². The number of nitrogens with zero attached hydrogens (tertiary/aromatic N) is 7. The lowest BCUT2D eigenvalue weighted by Gasteiger charge is -2.35. The van der Waals surface area contributed by atoms with Crippen molar-refractivity contribution in [1.82, 2.24) is 25.0 Å². The Labute approximate surface area is 228 Å². The summed E-state index contributed by atoms with van der Waals surface area (Å²) in [4.78, 5) is 14.1. The molecule has 2 saturated carbocycles. The number of aryl methyl sites for hydroxylation is 1. The highest BCUT2D eigenvalue weighted by Gasteiger charge is 2.46. The third kappa shape index (κ3) is 4.95. The fraction of sp³-hybridized carbons (Fsp3) is 0.556. The molecule has 2 N–H and O–H groups in total. The molecule has 4 fully saturated rings. The Morgan fingerprint density at radius 2 is 1.77 bits per heavy atom. The van der Waals surface area contributed by atoms with Crippen molar-refractivity contribution in [1.29, 1.82) is 0 Å². The van der Waals surface area contributed by atoms with E-state index >= 15 is 0 Å². The maximum Gasteiger partial charge on any atom is 0.234 e. The minimum absolute atomic E-state index is 0.345. The molecule has 2 aliphatic heterocycles. The van der Waals surface area contributed by atoms with E-state index in [4.69, 9.17) is 10.1 Å². The first-order valence-corrected chi connectivity index (χ1v) is 15.5. The van der Waals surface area contributed by atoms with Crippen LogP contribution in [0.2, 0.25) is 0 Å². The second kappa shape index (κ2) is 9.16. The first-order valence-electron chi connectivity index (χ1n) is 13.8. The zero-order chi connectivity index (χ0) is 26.8. The molecule has 2 aliphatic carbocycles. The van der Waals surface area contributed by atoms with Gasteiger partial charge in [0.15, 0.2) is 0 Å². The number of sulfonamides is 1. The molecule has 0 radical (unpaired) electrons. The number of anilines is 3. The molecule has 11 nitrogen and oxygen atoms in total. The van der Waals surface area contributed by atoms with E-state index in [0.717, 1.165) is 79.6 Å². The van der Waals surface area contributed by atoms with Crippen LogP contribution in [-0.4, -0.2) is 77.0 Å². The lowest BCUT2D eigenvalue weighted by molar-refractivity contribution is 0.320. The molecule has 2 unspecified atom stereocenters. The van der Waals surface area contributed by atoms with Gasteiger partial charge >= 0.3 is 0 Å². The first kappa shape index (κ1) is 24.8. The Morgan fingerprint density at radius 1 is 1.00 bits per heavy atom. The van der Waals surface area contributed by atoms with E-state index in [1.54, 1.807) is 10.7 Å². The van der Waals surface area contributed by atoms with Gasteiger partial charge in [0.2, 0.25) is 16.0 Å². The second-order valence-corrected chi connectivity index (χ2v) is 13.6. The number of aliphatic hydroxyl groups excluding tert-OH is 1. The van der Waals surface area contributed by atoms with Crippen molar-refractivity contribution in [2.75, 3.05) is 53.1 Å². The predicted octanol–water partition coefficient (Wildman–Crippen LogP) is 2.60. The molecule has 0 amide bonds. The van der Waals surface area contributed by atoms with Gasteiger partial charge in [0, 0.05) is 31.9 Å². The van der Waals surface area contributed by atoms with Crippen molar-refractivity contribution < 1.29 is 13.5 Å². The quantitative estimate of drug-likeness (QED) is 0.435. The Kier molecular flexibility index (Phi) is 5.81. The number of nitrogens with one attached hydrogen (secondary N) is 1. The van der Waals surface area contributed by atoms with Crippen LogP contribution in [0.4, 0.5) is 17.3 Å². The van der Waals surface area contributed by atoms with Crippen LogP contribution in [0.5, 0.6) is 0 Å². The number of hydrogen-bond donors (Lipinski definition) is 2. The Morgan fingerprint density at radius 3 is 2.49 bits per heavy atom. The number of hydrogen-bond acceptors (Lipinski definition) is 9. The minimum atomic E-state index is -3.64. The van der Waals surface area contributed by atoms with Crippen LogP contribution in [0, 0.1) is 24.2 Å². The Balaban J connectivity index is 1.20. The normalized spacial score (nSPS) is 23.2. The number of aromatic nitrogens is 5. The number of rotatable bonds is 8. The highest BCUT2D eigenvalue weighted by Crippen LogP contribution is 2.54. The predicted molar refractivity (Wildman–Crippen MR) is 149 cm³/mol. The van der Waals surface area contributed by atoms with E-state index in [9.17, 15) is 8.42 Å². The van der Waals surface area contributed by atoms with Crippen LogP contribution in [0.1, 0.15) is 37.8 Å². The van der Waals surface area contributed by atoms with E-state index < -0.39 is 16.6 Å². The highest BCUT2D eigenvalue weighted by atomic mass is 32.2. The Bertz CT molecular complexity index is 1500. The summed E-state index contributed by atoms with van der Waals surface area (Å²) in [6, 6.07) is 7.41. The van der Waals surface area contributed by atoms with Crippen molar-refractivity contribution in [2.45, 2.75) is 39.0 Å². The molecule has 3 aromatic rings. The van der Waals surface area contributed by atoms with Crippen LogP contribution >= 0.6 is 0 Å². The van der Waals surface area contributed by atoms with Gasteiger partial charge in [0.1, 0.15) is 5.69 Å². The molecule has 39 heavy (non-hydrogen) atoms. The molecule has 7 rings (SSSR count). The molecular formula is C27H34N8O3S. The summed E-state index contributed by atoms with van der Waals surface area (Å²) in [5.41, 5.74) is 5.02. The molecule has 206 valence electrons. The molecular weight excluding hydrogens is 516 g/mol. The van der Waals surface area contributed by atoms with Crippen LogP contribution in [0.15, 0.2) is 30.5 Å². The number of fused-ring (bicyclic) bond motifs is 1. The maximum absolute atomic E-state index is 12.3. The maximum atomic E-state index is 12.3. The second-order valence-electron chi connectivity index (χ2n) is 11.7. The number of benzene rings is 1. The highest BCUT2D eigenvalue weighted by molar-refractivity contribution is 7.92. The third-order valence-corrected chi connectivity index (χ3v) is 10.1. The molecule has 4 aliphatic rings. The fourth-order valence-electron chi connectivity index (χ4n) is 6.17. The third-order valence-electron chi connectivity index (χ3n) is 8.84. The van der Waals surface area contributed by atoms with Gasteiger partial charge in [-0.3, -0.25) is 4.72 Å². The van der Waals surface area contributed by atoms with E-state index in [-0.39, 0.29) is 5.75 Å². The average Bonchev–Trinajstić information content (AvgIpc) is 3.72. The SMILES string of the molecule is Cc1cc(-c2cn(-c3ccc(NS(=O)(=O)CCO)cc3N3CCC4(CC3)CC4)nn2)nc(N2CC3CC3C2)n1. The summed E-state index contributed by atoms with van der Waals surface area (Å²) in [6.45, 7) is 5.42. The molecule has 1 aromatic carbocycles. The van der Waals surface area contributed by atoms with Gasteiger partial charge in [-0.25, -0.2) is 23.1 Å². The van der Waals surface area contributed by atoms with Crippen molar-refractivity contribution in [3.8, 4) is 17.1 Å². The van der Waals surface area contributed by atoms with E-state index in [1.165, 1.54) is 19.3 Å². The van der Waals surface area contributed by atoms with E-state index in [1.807, 2.05) is 31.3 Å². The molecule has 12 heteroatoms. The monoisotopic (exact) mass is 550 g/mol. The number of piperidine rings is 2. The zero-order valence-electron chi connectivity index (χ0n) is 22.1. The lowest BCUT2D eigenvalue weighted by Crippen LogP contribution is -2.35. The molecule has 2 aromatic heterocycles. The zero-order valence-corrected chi connectivity index (χ0v) is 22.9. The van der Waals surface area contributed by atoms with Crippen LogP contribution in [0.3, 0.4) is 0 Å². The van der Waals surface area contributed by atoms with Gasteiger partial charge in [-0.2, -0.15) is 0 Å². The summed E-state index contributed by atoms with van der Waals surface area (Å²) >= 11 is 0. The summed E-state index contributed by atoms with van der Waals surface area (Å²) in [6.07, 6.45) is 8.09. The summed E-state index contributed by atoms with van der Waals surface area (Å²) in [5, 5.41) is 18.1. The van der Waals surface area contributed by atoms with Crippen LogP contribution < -0.4 is 14.5 Å². The molecule has 4 heterocycles. The molecule has 0 bridgehead atoms. The number of aliphatic hydroxyl groups is 1. The van der Waals surface area contributed by atoms with Gasteiger partial charge in [-0.15, -0.1) is 5.10 Å². The van der Waals surface area contributed by atoms with E-state index in [0.29, 0.717) is 16.8 Å². The largest absolute Gasteiger partial charge is 0.395 e. The lowest BCUT2D eigenvalue weighted by atomic mass is 9.93. The summed E-state index contributed by atoms with van der Waals surface area (Å²) in [5.74, 6) is 1.99. The van der Waals surface area contributed by atoms with Crippen molar-refractivity contribution >= 4 is 27.3 Å². The van der Waals surface area contributed by atoms with Gasteiger partial charge < -0.3 is 14.9 Å². The molecule has 2 saturated heterocycles. The van der Waals surface area contributed by atoms with E-state index in [2.05, 4.69) is 29.8 Å². The summed E-state index contributed by atoms with van der Waals surface area (Å²) < 4.78 is 29.0. The van der Waals surface area contributed by atoms with Gasteiger partial charge in [-0.1, -0.05) is 5.21 Å². The van der Waals surface area contributed by atoms with Crippen LogP contribution in [0.25, 0.3) is 17.1 Å². The topological polar surface area (TPSA) is 129 Å². The minimum Gasteiger partial charge on any atom is -0.395 e. The first-order chi connectivity index (χ1) is 18.8. The summed E-state index contributed by atoms with van der Waals surface area (Å²) in [7, 11) is -3.64. The fourth-order valence-corrected chi connectivity index (χ4v) is 7.00. The smallest absolute Gasteiger partial charge is 0.234 e. The van der Waals surface area contributed by atoms with Gasteiger partial charge in [-0.05, 0) is 80.5 Å². The Hall–Kier alpha value is -3.25. The van der Waals surface area contributed by atoms with Crippen molar-refractivity contribution in [3.63, 3.8) is 0 Å². The van der Waals surface area contributed by atoms with Crippen molar-refractivity contribution in [3.05, 3.63) is 36.2 Å². The van der Waals surface area contributed by atoms with Crippen LogP contribution in [-0.2, 0) is 10.0 Å². The standard InChI is InChI=1S/C27H34N8O3S/c1-18-12-22(29-26(28-18)34-15-19-13-20(19)16-34)23-17-35(32-30-23)24-3-2-21(31-39(37,38)11-10-36)14-25(24)33-8-6-27(4-5-27)7-9-33/h2-3,12,14,17,19-20,31,36H,4-11,13,15-16H2,1H3. The molecule has 1 spiro atoms. The average molecular weight is 551 g/mol.